The van der Waals surface area contributed by atoms with Crippen LogP contribution in [0.15, 0.2) is 12.3 Å². The normalized spacial score (nSPS) is 23.4. The molecular weight excluding hydrogens is 404 g/mol. The van der Waals surface area contributed by atoms with E-state index in [0.717, 1.165) is 87.4 Å². The number of carbonyl (C=O) groups is 2. The third-order valence-electron chi connectivity index (χ3n) is 7.84. The van der Waals surface area contributed by atoms with E-state index in [-0.39, 0.29) is 17.7 Å². The second kappa shape index (κ2) is 8.81. The fourth-order valence-electron chi connectivity index (χ4n) is 5.84. The molecule has 1 saturated carbocycles. The molecule has 3 aliphatic rings. The van der Waals surface area contributed by atoms with Gasteiger partial charge in [-0.05, 0) is 58.2 Å². The third kappa shape index (κ3) is 4.00. The van der Waals surface area contributed by atoms with Crippen LogP contribution in [0.5, 0.6) is 0 Å². The van der Waals surface area contributed by atoms with Gasteiger partial charge in [0.25, 0.3) is 0 Å². The summed E-state index contributed by atoms with van der Waals surface area (Å²) in [5.41, 5.74) is 9.70. The van der Waals surface area contributed by atoms with Crippen molar-refractivity contribution in [2.45, 2.75) is 64.3 Å². The van der Waals surface area contributed by atoms with E-state index < -0.39 is 0 Å². The molecule has 4 heterocycles. The molecule has 2 aromatic rings. The van der Waals surface area contributed by atoms with Crippen LogP contribution in [0.2, 0.25) is 0 Å². The SMILES string of the molecule is Cc1nn2c([C@@H]3CCN(C(=O)C4CCCC4)C3)ccnc2c1CN1CCC(C(N)=O)CC1. The molecule has 8 nitrogen and oxygen atoms in total. The first-order chi connectivity index (χ1) is 15.5. The monoisotopic (exact) mass is 438 g/mol. The van der Waals surface area contributed by atoms with Crippen molar-refractivity contribution in [1.82, 2.24) is 24.4 Å². The van der Waals surface area contributed by atoms with Crippen molar-refractivity contribution < 1.29 is 9.59 Å². The maximum Gasteiger partial charge on any atom is 0.225 e. The van der Waals surface area contributed by atoms with Crippen LogP contribution in [0.4, 0.5) is 0 Å². The van der Waals surface area contributed by atoms with Crippen molar-refractivity contribution in [3.8, 4) is 0 Å². The van der Waals surface area contributed by atoms with Gasteiger partial charge in [-0.25, -0.2) is 9.50 Å². The fraction of sp³-hybridized carbons (Fsp3) is 0.667. The molecular formula is C24H34N6O2. The van der Waals surface area contributed by atoms with Gasteiger partial charge in [0.1, 0.15) is 0 Å². The molecule has 1 aliphatic carbocycles. The van der Waals surface area contributed by atoms with Gasteiger partial charge < -0.3 is 10.6 Å². The van der Waals surface area contributed by atoms with E-state index in [1.165, 1.54) is 12.8 Å². The van der Waals surface area contributed by atoms with Crippen molar-refractivity contribution in [2.24, 2.45) is 17.6 Å². The summed E-state index contributed by atoms with van der Waals surface area (Å²) in [6.45, 7) is 6.19. The number of likely N-dealkylation sites (tertiary alicyclic amines) is 2. The van der Waals surface area contributed by atoms with Crippen molar-refractivity contribution in [2.75, 3.05) is 26.2 Å². The number of fused-ring (bicyclic) bond motifs is 1. The van der Waals surface area contributed by atoms with E-state index in [0.29, 0.717) is 11.8 Å². The number of hydrogen-bond acceptors (Lipinski definition) is 5. The third-order valence-corrected chi connectivity index (χ3v) is 7.84. The average Bonchev–Trinajstić information content (AvgIpc) is 3.55. The lowest BCUT2D eigenvalue weighted by Gasteiger charge is -2.30. The number of piperidine rings is 1. The summed E-state index contributed by atoms with van der Waals surface area (Å²) in [7, 11) is 0. The van der Waals surface area contributed by atoms with Gasteiger partial charge in [0.05, 0.1) is 11.4 Å². The van der Waals surface area contributed by atoms with Crippen molar-refractivity contribution in [3.05, 3.63) is 29.2 Å². The van der Waals surface area contributed by atoms with Crippen LogP contribution in [0.3, 0.4) is 0 Å². The Morgan fingerprint density at radius 1 is 1.06 bits per heavy atom. The van der Waals surface area contributed by atoms with Gasteiger partial charge in [0, 0.05) is 49.1 Å². The first kappa shape index (κ1) is 21.4. The Morgan fingerprint density at radius 3 is 2.53 bits per heavy atom. The topological polar surface area (TPSA) is 96.8 Å². The van der Waals surface area contributed by atoms with E-state index in [1.807, 2.05) is 10.7 Å². The molecule has 2 aliphatic heterocycles. The number of rotatable bonds is 5. The number of nitrogens with zero attached hydrogens (tertiary/aromatic N) is 5. The first-order valence-corrected chi connectivity index (χ1v) is 12.1. The molecule has 32 heavy (non-hydrogen) atoms. The summed E-state index contributed by atoms with van der Waals surface area (Å²) in [6, 6.07) is 2.07. The second-order valence-electron chi connectivity index (χ2n) is 9.87. The highest BCUT2D eigenvalue weighted by molar-refractivity contribution is 5.79. The number of aryl methyl sites for hydroxylation is 1. The Morgan fingerprint density at radius 2 is 1.81 bits per heavy atom. The highest BCUT2D eigenvalue weighted by atomic mass is 16.2. The molecule has 1 atom stereocenters. The van der Waals surface area contributed by atoms with Crippen LogP contribution in [-0.2, 0) is 16.1 Å². The Hall–Kier alpha value is -2.48. The smallest absolute Gasteiger partial charge is 0.225 e. The van der Waals surface area contributed by atoms with E-state index in [4.69, 9.17) is 10.8 Å². The van der Waals surface area contributed by atoms with E-state index in [2.05, 4.69) is 27.8 Å². The van der Waals surface area contributed by atoms with Gasteiger partial charge in [-0.1, -0.05) is 12.8 Å². The maximum absolute atomic E-state index is 12.9. The van der Waals surface area contributed by atoms with Crippen LogP contribution < -0.4 is 5.73 Å². The molecule has 0 unspecified atom stereocenters. The van der Waals surface area contributed by atoms with Gasteiger partial charge in [0.2, 0.25) is 11.8 Å². The number of carbonyl (C=O) groups excluding carboxylic acids is 2. The zero-order chi connectivity index (χ0) is 22.2. The van der Waals surface area contributed by atoms with Gasteiger partial charge in [-0.3, -0.25) is 14.5 Å². The summed E-state index contributed by atoms with van der Waals surface area (Å²) in [5, 5.41) is 4.86. The lowest BCUT2D eigenvalue weighted by molar-refractivity contribution is -0.134. The molecule has 0 spiro atoms. The quantitative estimate of drug-likeness (QED) is 0.772. The highest BCUT2D eigenvalue weighted by Crippen LogP contribution is 2.33. The van der Waals surface area contributed by atoms with Crippen molar-refractivity contribution >= 4 is 17.5 Å². The first-order valence-electron chi connectivity index (χ1n) is 12.1. The summed E-state index contributed by atoms with van der Waals surface area (Å²) in [4.78, 5) is 33.5. The molecule has 3 fully saturated rings. The standard InChI is InChI=1S/C24H34N6O2/c1-16-20(15-28-11-7-17(8-12-28)22(25)31)23-26-10-6-21(30(23)27-16)19-9-13-29(14-19)24(32)18-4-2-3-5-18/h6,10,17-19H,2-5,7-9,11-15H2,1H3,(H2,25,31)/t19-/m1/s1. The Kier molecular flexibility index (Phi) is 5.88. The molecule has 2 amide bonds. The zero-order valence-corrected chi connectivity index (χ0v) is 19.0. The second-order valence-corrected chi connectivity index (χ2v) is 9.87. The van der Waals surface area contributed by atoms with Crippen molar-refractivity contribution in [3.63, 3.8) is 0 Å². The number of nitrogens with two attached hydrogens (primary N) is 1. The molecule has 5 rings (SSSR count). The van der Waals surface area contributed by atoms with Crippen molar-refractivity contribution in [1.29, 1.82) is 0 Å². The Balaban J connectivity index is 1.32. The molecule has 2 saturated heterocycles. The van der Waals surface area contributed by atoms with Crippen LogP contribution in [-0.4, -0.2) is 62.4 Å². The minimum atomic E-state index is -0.180. The summed E-state index contributed by atoms with van der Waals surface area (Å²) >= 11 is 0. The predicted octanol–water partition coefficient (Wildman–Crippen LogP) is 2.24. The zero-order valence-electron chi connectivity index (χ0n) is 19.0. The number of amides is 2. The molecule has 0 aromatic carbocycles. The number of aromatic nitrogens is 3. The van der Waals surface area contributed by atoms with Gasteiger partial charge in [-0.15, -0.1) is 0 Å². The fourth-order valence-corrected chi connectivity index (χ4v) is 5.84. The highest BCUT2D eigenvalue weighted by Gasteiger charge is 2.34. The largest absolute Gasteiger partial charge is 0.369 e. The van der Waals surface area contributed by atoms with Gasteiger partial charge in [0.15, 0.2) is 5.65 Å². The summed E-state index contributed by atoms with van der Waals surface area (Å²) < 4.78 is 2.01. The molecule has 2 N–H and O–H groups in total. The van der Waals surface area contributed by atoms with Crippen LogP contribution in [0.25, 0.3) is 5.65 Å². The Bertz CT molecular complexity index is 1000. The minimum Gasteiger partial charge on any atom is -0.369 e. The molecule has 8 heteroatoms. The van der Waals surface area contributed by atoms with E-state index in [9.17, 15) is 9.59 Å². The molecule has 2 aromatic heterocycles. The Labute approximate surface area is 189 Å². The van der Waals surface area contributed by atoms with E-state index >= 15 is 0 Å². The average molecular weight is 439 g/mol. The lowest BCUT2D eigenvalue weighted by atomic mass is 9.96. The van der Waals surface area contributed by atoms with Crippen LogP contribution in [0, 0.1) is 18.8 Å². The molecule has 172 valence electrons. The minimum absolute atomic E-state index is 0.00163. The number of hydrogen-bond donors (Lipinski definition) is 1. The van der Waals surface area contributed by atoms with E-state index in [1.54, 1.807) is 0 Å². The van der Waals surface area contributed by atoms with Gasteiger partial charge in [-0.2, -0.15) is 5.10 Å². The summed E-state index contributed by atoms with van der Waals surface area (Å²) in [6.07, 6.45) is 8.99. The predicted molar refractivity (Wildman–Crippen MR) is 121 cm³/mol. The summed E-state index contributed by atoms with van der Waals surface area (Å²) in [5.74, 6) is 0.707. The molecule has 0 bridgehead atoms. The number of primary amides is 1. The lowest BCUT2D eigenvalue weighted by Crippen LogP contribution is -2.38. The maximum atomic E-state index is 12.9. The van der Waals surface area contributed by atoms with Gasteiger partial charge >= 0.3 is 0 Å². The van der Waals surface area contributed by atoms with Crippen LogP contribution >= 0.6 is 0 Å². The molecule has 0 radical (unpaired) electrons. The van der Waals surface area contributed by atoms with Crippen LogP contribution in [0.1, 0.15) is 67.8 Å².